The summed E-state index contributed by atoms with van der Waals surface area (Å²) < 4.78 is 34.7. The van der Waals surface area contributed by atoms with E-state index in [9.17, 15) is 23.7 Å². The quantitative estimate of drug-likeness (QED) is 0.514. The fourth-order valence-electron chi connectivity index (χ4n) is 2.74. The van der Waals surface area contributed by atoms with Gasteiger partial charge in [0.15, 0.2) is 0 Å². The number of aliphatic hydroxyl groups excluding tert-OH is 1. The van der Waals surface area contributed by atoms with Gasteiger partial charge in [-0.3, -0.25) is 18.9 Å². The maximum absolute atomic E-state index is 13.1. The first-order valence-electron chi connectivity index (χ1n) is 7.79. The van der Waals surface area contributed by atoms with Crippen molar-refractivity contribution in [1.82, 2.24) is 9.55 Å². The second-order valence-corrected chi connectivity index (χ2v) is 7.17. The highest BCUT2D eigenvalue weighted by Gasteiger charge is 2.37. The van der Waals surface area contributed by atoms with E-state index in [0.717, 1.165) is 16.7 Å². The van der Waals surface area contributed by atoms with Gasteiger partial charge in [-0.1, -0.05) is 12.1 Å². The molecule has 0 radical (unpaired) electrons. The summed E-state index contributed by atoms with van der Waals surface area (Å²) in [5, 5.41) is 9.99. The third-order valence-electron chi connectivity index (χ3n) is 4.04. The number of hydrogen-bond donors (Lipinski definition) is 4. The van der Waals surface area contributed by atoms with E-state index >= 15 is 0 Å². The minimum Gasteiger partial charge on any atom is -0.390 e. The standard InChI is InChI=1S/C15H16FN2O8P/c16-9-3-1-8(2-4-9)10-6-18(15(21)17-14(10)20)13-5-11(19)12(26-13)7-25-27(22,23)24/h1-4,6,11-13,19H,5,7H2,(H,17,20,21)(H2,22,23,24)/t11-,12+,13+/m0/s1. The number of ether oxygens (including phenoxy) is 1. The molecule has 0 bridgehead atoms. The molecule has 146 valence electrons. The predicted molar refractivity (Wildman–Crippen MR) is 89.2 cm³/mol. The van der Waals surface area contributed by atoms with Crippen molar-refractivity contribution >= 4 is 7.82 Å². The van der Waals surface area contributed by atoms with Gasteiger partial charge in [0, 0.05) is 12.6 Å². The average Bonchev–Trinajstić information content (AvgIpc) is 2.94. The van der Waals surface area contributed by atoms with Crippen LogP contribution in [0, 0.1) is 5.82 Å². The highest BCUT2D eigenvalue weighted by atomic mass is 31.2. The molecule has 2 heterocycles. The minimum absolute atomic E-state index is 0.0655. The third-order valence-corrected chi connectivity index (χ3v) is 4.53. The molecule has 3 rings (SSSR count). The number of rotatable bonds is 5. The van der Waals surface area contributed by atoms with Gasteiger partial charge in [0.25, 0.3) is 5.56 Å². The molecular formula is C15H16FN2O8P. The zero-order valence-electron chi connectivity index (χ0n) is 13.7. The molecule has 12 heteroatoms. The maximum Gasteiger partial charge on any atom is 0.469 e. The van der Waals surface area contributed by atoms with Crippen LogP contribution in [0.5, 0.6) is 0 Å². The van der Waals surface area contributed by atoms with E-state index in [-0.39, 0.29) is 12.0 Å². The van der Waals surface area contributed by atoms with Crippen LogP contribution < -0.4 is 11.2 Å². The molecule has 3 atom stereocenters. The molecule has 0 spiro atoms. The summed E-state index contributed by atoms with van der Waals surface area (Å²) in [5.41, 5.74) is -1.02. The lowest BCUT2D eigenvalue weighted by Gasteiger charge is -2.17. The Morgan fingerprint density at radius 2 is 1.96 bits per heavy atom. The Morgan fingerprint density at radius 1 is 1.30 bits per heavy atom. The molecule has 1 fully saturated rings. The van der Waals surface area contributed by atoms with Crippen molar-refractivity contribution in [3.63, 3.8) is 0 Å². The Bertz CT molecular complexity index is 983. The predicted octanol–water partition coefficient (Wildman–Crippen LogP) is 0.100. The monoisotopic (exact) mass is 402 g/mol. The van der Waals surface area contributed by atoms with Crippen LogP contribution in [-0.2, 0) is 13.8 Å². The van der Waals surface area contributed by atoms with Crippen molar-refractivity contribution in [3.8, 4) is 11.1 Å². The van der Waals surface area contributed by atoms with Crippen LogP contribution in [0.1, 0.15) is 12.6 Å². The third kappa shape index (κ3) is 4.59. The summed E-state index contributed by atoms with van der Waals surface area (Å²) in [6.07, 6.45) is -2.05. The molecule has 1 aliphatic heterocycles. The molecule has 1 aromatic heterocycles. The van der Waals surface area contributed by atoms with Gasteiger partial charge in [-0.15, -0.1) is 0 Å². The fraction of sp³-hybridized carbons (Fsp3) is 0.333. The topological polar surface area (TPSA) is 151 Å². The zero-order chi connectivity index (χ0) is 19.8. The summed E-state index contributed by atoms with van der Waals surface area (Å²) in [5.74, 6) is -0.487. The zero-order valence-corrected chi connectivity index (χ0v) is 14.6. The van der Waals surface area contributed by atoms with Crippen LogP contribution in [0.15, 0.2) is 40.1 Å². The van der Waals surface area contributed by atoms with Crippen molar-refractivity contribution in [3.05, 3.63) is 57.1 Å². The Hall–Kier alpha value is -2.14. The van der Waals surface area contributed by atoms with Crippen LogP contribution in [-0.4, -0.2) is 43.3 Å². The lowest BCUT2D eigenvalue weighted by molar-refractivity contribution is -0.0450. The van der Waals surface area contributed by atoms with Gasteiger partial charge < -0.3 is 19.6 Å². The second-order valence-electron chi connectivity index (χ2n) is 5.93. The SMILES string of the molecule is O=c1[nH]c(=O)n([C@H]2C[C@H](O)[C@@H](COP(=O)(O)O)O2)cc1-c1ccc(F)cc1. The molecule has 1 aliphatic rings. The van der Waals surface area contributed by atoms with Gasteiger partial charge in [0.2, 0.25) is 0 Å². The number of aromatic amines is 1. The molecule has 0 aliphatic carbocycles. The number of nitrogens with one attached hydrogen (secondary N) is 1. The normalized spacial score (nSPS) is 22.9. The van der Waals surface area contributed by atoms with Crippen molar-refractivity contribution in [2.24, 2.45) is 0 Å². The number of nitrogens with zero attached hydrogens (tertiary/aromatic N) is 1. The first kappa shape index (κ1) is 19.6. The van der Waals surface area contributed by atoms with Crippen LogP contribution in [0.4, 0.5) is 4.39 Å². The molecule has 1 saturated heterocycles. The smallest absolute Gasteiger partial charge is 0.390 e. The molecular weight excluding hydrogens is 386 g/mol. The molecule has 0 amide bonds. The number of hydrogen-bond acceptors (Lipinski definition) is 6. The van der Waals surface area contributed by atoms with Crippen LogP contribution in [0.25, 0.3) is 11.1 Å². The molecule has 27 heavy (non-hydrogen) atoms. The van der Waals surface area contributed by atoms with E-state index in [4.69, 9.17) is 14.5 Å². The van der Waals surface area contributed by atoms with E-state index < -0.39 is 49.9 Å². The van der Waals surface area contributed by atoms with Crippen LogP contribution in [0.3, 0.4) is 0 Å². The molecule has 1 aromatic carbocycles. The van der Waals surface area contributed by atoms with E-state index in [1.807, 2.05) is 0 Å². The lowest BCUT2D eigenvalue weighted by Crippen LogP contribution is -2.33. The Morgan fingerprint density at radius 3 is 2.59 bits per heavy atom. The van der Waals surface area contributed by atoms with E-state index in [1.54, 1.807) is 0 Å². The largest absolute Gasteiger partial charge is 0.469 e. The van der Waals surface area contributed by atoms with Crippen molar-refractivity contribution in [2.75, 3.05) is 6.61 Å². The molecule has 0 unspecified atom stereocenters. The second kappa shape index (κ2) is 7.47. The van der Waals surface area contributed by atoms with Crippen molar-refractivity contribution in [1.29, 1.82) is 0 Å². The van der Waals surface area contributed by atoms with Crippen LogP contribution >= 0.6 is 7.82 Å². The summed E-state index contributed by atoms with van der Waals surface area (Å²) >= 11 is 0. The molecule has 0 saturated carbocycles. The molecule has 4 N–H and O–H groups in total. The number of aliphatic hydroxyl groups is 1. The van der Waals surface area contributed by atoms with Gasteiger partial charge in [-0.25, -0.2) is 13.8 Å². The van der Waals surface area contributed by atoms with Gasteiger partial charge in [0.1, 0.15) is 18.1 Å². The highest BCUT2D eigenvalue weighted by Crippen LogP contribution is 2.38. The number of benzene rings is 1. The van der Waals surface area contributed by atoms with E-state index in [2.05, 4.69) is 9.51 Å². The van der Waals surface area contributed by atoms with Crippen molar-refractivity contribution in [2.45, 2.75) is 24.9 Å². The Kier molecular flexibility index (Phi) is 5.43. The lowest BCUT2D eigenvalue weighted by atomic mass is 10.1. The summed E-state index contributed by atoms with van der Waals surface area (Å²) in [7, 11) is -4.74. The number of H-pyrrole nitrogens is 1. The number of halogens is 1. The van der Waals surface area contributed by atoms with Gasteiger partial charge >= 0.3 is 13.5 Å². The number of phosphoric acid groups is 1. The Balaban J connectivity index is 1.88. The highest BCUT2D eigenvalue weighted by molar-refractivity contribution is 7.46. The first-order valence-corrected chi connectivity index (χ1v) is 9.32. The summed E-state index contributed by atoms with van der Waals surface area (Å²) in [4.78, 5) is 43.8. The molecule has 10 nitrogen and oxygen atoms in total. The first-order chi connectivity index (χ1) is 12.6. The van der Waals surface area contributed by atoms with Crippen LogP contribution in [0.2, 0.25) is 0 Å². The van der Waals surface area contributed by atoms with E-state index in [1.165, 1.54) is 18.3 Å². The minimum atomic E-state index is -4.74. The van der Waals surface area contributed by atoms with Gasteiger partial charge in [-0.05, 0) is 17.7 Å². The van der Waals surface area contributed by atoms with Gasteiger partial charge in [0.05, 0.1) is 18.3 Å². The van der Waals surface area contributed by atoms with Gasteiger partial charge in [-0.2, -0.15) is 0 Å². The average molecular weight is 402 g/mol. The maximum atomic E-state index is 13.1. The fourth-order valence-corrected chi connectivity index (χ4v) is 3.08. The summed E-state index contributed by atoms with van der Waals surface area (Å²) in [6, 6.07) is 5.07. The number of phosphoric ester groups is 1. The molecule has 2 aromatic rings. The van der Waals surface area contributed by atoms with E-state index in [0.29, 0.717) is 5.56 Å². The van der Waals surface area contributed by atoms with Crippen molar-refractivity contribution < 1.29 is 33.1 Å². The Labute approximate surface area is 151 Å². The summed E-state index contributed by atoms with van der Waals surface area (Å²) in [6.45, 7) is -0.579. The number of aromatic nitrogens is 2.